The van der Waals surface area contributed by atoms with Crippen molar-refractivity contribution >= 4 is 5.91 Å². The molecule has 1 saturated carbocycles. The van der Waals surface area contributed by atoms with E-state index in [9.17, 15) is 9.59 Å². The van der Waals surface area contributed by atoms with Crippen LogP contribution in [0.5, 0.6) is 0 Å². The van der Waals surface area contributed by atoms with Crippen LogP contribution in [0.15, 0.2) is 41.2 Å². The number of amides is 1. The third-order valence-electron chi connectivity index (χ3n) is 5.75. The van der Waals surface area contributed by atoms with Gasteiger partial charge < -0.3 is 4.90 Å². The third-order valence-corrected chi connectivity index (χ3v) is 5.75. The number of para-hydroxylation sites is 1. The average Bonchev–Trinajstić information content (AvgIpc) is 3.23. The fourth-order valence-corrected chi connectivity index (χ4v) is 4.24. The maximum absolute atomic E-state index is 13.0. The predicted molar refractivity (Wildman–Crippen MR) is 104 cm³/mol. The SMILES string of the molecule is Cc1cc(=O)c(C(=O)N2CCN(C3CCCC3)CC2)nn1-c1ccccc1. The summed E-state index contributed by atoms with van der Waals surface area (Å²) in [4.78, 5) is 29.7. The number of aryl methyl sites for hydroxylation is 1. The van der Waals surface area contributed by atoms with Crippen molar-refractivity contribution in [1.29, 1.82) is 0 Å². The van der Waals surface area contributed by atoms with Crippen LogP contribution in [0.2, 0.25) is 0 Å². The van der Waals surface area contributed by atoms with E-state index in [0.717, 1.165) is 18.8 Å². The van der Waals surface area contributed by atoms with E-state index >= 15 is 0 Å². The molecule has 1 aliphatic carbocycles. The maximum Gasteiger partial charge on any atom is 0.278 e. The highest BCUT2D eigenvalue weighted by Crippen LogP contribution is 2.24. The topological polar surface area (TPSA) is 58.4 Å². The molecular weight excluding hydrogens is 340 g/mol. The van der Waals surface area contributed by atoms with Gasteiger partial charge in [-0.25, -0.2) is 4.68 Å². The second-order valence-electron chi connectivity index (χ2n) is 7.51. The van der Waals surface area contributed by atoms with Gasteiger partial charge in [-0.1, -0.05) is 31.0 Å². The zero-order valence-corrected chi connectivity index (χ0v) is 15.8. The van der Waals surface area contributed by atoms with Gasteiger partial charge in [0.1, 0.15) is 0 Å². The van der Waals surface area contributed by atoms with Crippen molar-refractivity contribution in [3.05, 3.63) is 58.0 Å². The molecule has 0 radical (unpaired) electrons. The van der Waals surface area contributed by atoms with Crippen LogP contribution < -0.4 is 5.43 Å². The number of aromatic nitrogens is 2. The van der Waals surface area contributed by atoms with Gasteiger partial charge in [-0.15, -0.1) is 0 Å². The monoisotopic (exact) mass is 366 g/mol. The highest BCUT2D eigenvalue weighted by Gasteiger charge is 2.29. The van der Waals surface area contributed by atoms with Crippen molar-refractivity contribution in [1.82, 2.24) is 19.6 Å². The van der Waals surface area contributed by atoms with Crippen molar-refractivity contribution in [2.45, 2.75) is 38.6 Å². The lowest BCUT2D eigenvalue weighted by Crippen LogP contribution is -2.52. The second kappa shape index (κ2) is 7.64. The van der Waals surface area contributed by atoms with Crippen LogP contribution in [0.25, 0.3) is 5.69 Å². The van der Waals surface area contributed by atoms with E-state index in [1.165, 1.54) is 31.7 Å². The Balaban J connectivity index is 1.53. The van der Waals surface area contributed by atoms with E-state index in [1.807, 2.05) is 37.3 Å². The smallest absolute Gasteiger partial charge is 0.278 e. The molecule has 0 spiro atoms. The Hall–Kier alpha value is -2.47. The number of piperazine rings is 1. The van der Waals surface area contributed by atoms with Crippen molar-refractivity contribution in [3.63, 3.8) is 0 Å². The highest BCUT2D eigenvalue weighted by atomic mass is 16.2. The minimum absolute atomic E-state index is 0.0127. The van der Waals surface area contributed by atoms with Gasteiger partial charge in [-0.3, -0.25) is 14.5 Å². The molecule has 0 atom stereocenters. The number of hydrogen-bond donors (Lipinski definition) is 0. The molecule has 27 heavy (non-hydrogen) atoms. The van der Waals surface area contributed by atoms with Gasteiger partial charge >= 0.3 is 0 Å². The van der Waals surface area contributed by atoms with Gasteiger partial charge in [0, 0.05) is 44.0 Å². The fraction of sp³-hybridized carbons (Fsp3) is 0.476. The van der Waals surface area contributed by atoms with Crippen molar-refractivity contribution in [2.75, 3.05) is 26.2 Å². The molecular formula is C21H26N4O2. The molecule has 6 nitrogen and oxygen atoms in total. The summed E-state index contributed by atoms with van der Waals surface area (Å²) in [7, 11) is 0. The molecule has 0 bridgehead atoms. The molecule has 1 aromatic heterocycles. The lowest BCUT2D eigenvalue weighted by Gasteiger charge is -2.37. The molecule has 2 aliphatic rings. The number of rotatable bonds is 3. The fourth-order valence-electron chi connectivity index (χ4n) is 4.24. The van der Waals surface area contributed by atoms with Gasteiger partial charge in [-0.05, 0) is 31.9 Å². The minimum Gasteiger partial charge on any atom is -0.335 e. The van der Waals surface area contributed by atoms with Crippen LogP contribution in [0.3, 0.4) is 0 Å². The second-order valence-corrected chi connectivity index (χ2v) is 7.51. The standard InChI is InChI=1S/C21H26N4O2/c1-16-15-19(26)20(22-25(16)18-9-3-2-4-10-18)21(27)24-13-11-23(12-14-24)17-7-5-6-8-17/h2-4,9-10,15,17H,5-8,11-14H2,1H3. The molecule has 2 fully saturated rings. The quantitative estimate of drug-likeness (QED) is 0.836. The summed E-state index contributed by atoms with van der Waals surface area (Å²) < 4.78 is 1.67. The summed E-state index contributed by atoms with van der Waals surface area (Å²) in [5, 5.41) is 4.41. The molecule has 1 aromatic carbocycles. The molecule has 4 rings (SSSR count). The van der Waals surface area contributed by atoms with Gasteiger partial charge in [-0.2, -0.15) is 5.10 Å². The number of carbonyl (C=O) groups excluding carboxylic acids is 1. The number of carbonyl (C=O) groups is 1. The molecule has 1 amide bonds. The molecule has 142 valence electrons. The molecule has 0 N–H and O–H groups in total. The Morgan fingerprint density at radius 3 is 2.37 bits per heavy atom. The van der Waals surface area contributed by atoms with Crippen LogP contribution in [-0.2, 0) is 0 Å². The first-order valence-electron chi connectivity index (χ1n) is 9.83. The molecule has 2 heterocycles. The van der Waals surface area contributed by atoms with Crippen LogP contribution in [0, 0.1) is 6.92 Å². The Morgan fingerprint density at radius 1 is 1.04 bits per heavy atom. The lowest BCUT2D eigenvalue weighted by molar-refractivity contribution is 0.0565. The van der Waals surface area contributed by atoms with Crippen LogP contribution in [0.1, 0.15) is 41.9 Å². The Morgan fingerprint density at radius 2 is 1.70 bits per heavy atom. The molecule has 1 aliphatic heterocycles. The maximum atomic E-state index is 13.0. The van der Waals surface area contributed by atoms with Crippen LogP contribution in [0.4, 0.5) is 0 Å². The Kier molecular flexibility index (Phi) is 5.07. The van der Waals surface area contributed by atoms with Crippen molar-refractivity contribution < 1.29 is 4.79 Å². The summed E-state index contributed by atoms with van der Waals surface area (Å²) in [6.45, 7) is 4.92. The normalized spacial score (nSPS) is 18.8. The molecule has 2 aromatic rings. The van der Waals surface area contributed by atoms with E-state index in [-0.39, 0.29) is 17.0 Å². The van der Waals surface area contributed by atoms with Gasteiger partial charge in [0.25, 0.3) is 5.91 Å². The lowest BCUT2D eigenvalue weighted by atomic mass is 10.1. The number of nitrogens with zero attached hydrogens (tertiary/aromatic N) is 4. The summed E-state index contributed by atoms with van der Waals surface area (Å²) in [5.41, 5.74) is 1.27. The van der Waals surface area contributed by atoms with Gasteiger partial charge in [0.05, 0.1) is 5.69 Å². The van der Waals surface area contributed by atoms with E-state index in [1.54, 1.807) is 9.58 Å². The van der Waals surface area contributed by atoms with E-state index < -0.39 is 0 Å². The third kappa shape index (κ3) is 3.67. The largest absolute Gasteiger partial charge is 0.335 e. The number of benzene rings is 1. The van der Waals surface area contributed by atoms with Gasteiger partial charge in [0.2, 0.25) is 5.43 Å². The first kappa shape index (κ1) is 17.9. The van der Waals surface area contributed by atoms with Gasteiger partial charge in [0.15, 0.2) is 5.69 Å². The minimum atomic E-state index is -0.303. The summed E-state index contributed by atoms with van der Waals surface area (Å²) in [6.07, 6.45) is 5.18. The first-order chi connectivity index (χ1) is 13.1. The first-order valence-corrected chi connectivity index (χ1v) is 9.83. The summed E-state index contributed by atoms with van der Waals surface area (Å²) in [6, 6.07) is 11.8. The van der Waals surface area contributed by atoms with E-state index in [2.05, 4.69) is 10.00 Å². The predicted octanol–water partition coefficient (Wildman–Crippen LogP) is 2.24. The Labute approximate surface area is 159 Å². The number of hydrogen-bond acceptors (Lipinski definition) is 4. The molecule has 6 heteroatoms. The van der Waals surface area contributed by atoms with Crippen molar-refractivity contribution in [2.24, 2.45) is 0 Å². The van der Waals surface area contributed by atoms with Crippen LogP contribution in [-0.4, -0.2) is 57.7 Å². The zero-order chi connectivity index (χ0) is 18.8. The average molecular weight is 366 g/mol. The molecule has 0 unspecified atom stereocenters. The highest BCUT2D eigenvalue weighted by molar-refractivity contribution is 5.92. The Bertz CT molecular complexity index is 863. The summed E-state index contributed by atoms with van der Waals surface area (Å²) in [5.74, 6) is -0.254. The van der Waals surface area contributed by atoms with Crippen LogP contribution >= 0.6 is 0 Å². The van der Waals surface area contributed by atoms with Crippen molar-refractivity contribution in [3.8, 4) is 5.69 Å². The summed E-state index contributed by atoms with van der Waals surface area (Å²) >= 11 is 0. The molecule has 1 saturated heterocycles. The zero-order valence-electron chi connectivity index (χ0n) is 15.8. The van der Waals surface area contributed by atoms with E-state index in [4.69, 9.17) is 0 Å². The van der Waals surface area contributed by atoms with E-state index in [0.29, 0.717) is 24.8 Å².